The second-order valence-electron chi connectivity index (χ2n) is 5.28. The molecule has 1 amide bonds. The van der Waals surface area contributed by atoms with E-state index >= 15 is 0 Å². The van der Waals surface area contributed by atoms with Crippen molar-refractivity contribution in [2.75, 3.05) is 11.9 Å². The minimum Gasteiger partial charge on any atom is -0.455 e. The Morgan fingerprint density at radius 3 is 2.52 bits per heavy atom. The normalized spacial score (nSPS) is 10.2. The summed E-state index contributed by atoms with van der Waals surface area (Å²) in [6.07, 6.45) is 0.156. The van der Waals surface area contributed by atoms with Crippen LogP contribution in [0.25, 0.3) is 0 Å². The van der Waals surface area contributed by atoms with E-state index in [0.717, 1.165) is 15.6 Å². The number of nitrogens with one attached hydrogen (secondary N) is 1. The molecule has 5 heteroatoms. The number of anilines is 1. The number of halogens is 1. The van der Waals surface area contributed by atoms with Crippen LogP contribution in [0, 0.1) is 13.8 Å². The number of carbonyl (C=O) groups is 2. The van der Waals surface area contributed by atoms with Crippen LogP contribution in [-0.2, 0) is 20.7 Å². The van der Waals surface area contributed by atoms with Gasteiger partial charge < -0.3 is 10.1 Å². The van der Waals surface area contributed by atoms with Crippen LogP contribution in [0.3, 0.4) is 0 Å². The number of hydrogen-bond donors (Lipinski definition) is 1. The molecule has 0 saturated carbocycles. The van der Waals surface area contributed by atoms with Gasteiger partial charge in [0.25, 0.3) is 5.91 Å². The van der Waals surface area contributed by atoms with Crippen LogP contribution in [0.5, 0.6) is 0 Å². The third kappa shape index (κ3) is 5.21. The lowest BCUT2D eigenvalue weighted by Gasteiger charge is -2.08. The van der Waals surface area contributed by atoms with E-state index in [-0.39, 0.29) is 18.9 Å². The van der Waals surface area contributed by atoms with Crippen LogP contribution < -0.4 is 5.32 Å². The largest absolute Gasteiger partial charge is 0.455 e. The number of benzene rings is 2. The van der Waals surface area contributed by atoms with Gasteiger partial charge in [-0.25, -0.2) is 0 Å². The molecular weight excluding hydrogens is 358 g/mol. The average Bonchev–Trinajstić information content (AvgIpc) is 2.51. The highest BCUT2D eigenvalue weighted by Crippen LogP contribution is 2.20. The zero-order chi connectivity index (χ0) is 16.8. The quantitative estimate of drug-likeness (QED) is 0.808. The third-order valence-corrected chi connectivity index (χ3v) is 4.12. The highest BCUT2D eigenvalue weighted by Gasteiger charge is 2.10. The molecule has 0 bridgehead atoms. The summed E-state index contributed by atoms with van der Waals surface area (Å²) in [5.74, 6) is -0.791. The van der Waals surface area contributed by atoms with Crippen LogP contribution in [0.4, 0.5) is 5.69 Å². The molecule has 4 nitrogen and oxygen atoms in total. The minimum absolute atomic E-state index is 0.156. The van der Waals surface area contributed by atoms with Crippen LogP contribution in [-0.4, -0.2) is 18.5 Å². The zero-order valence-electron chi connectivity index (χ0n) is 13.1. The van der Waals surface area contributed by atoms with E-state index in [1.54, 1.807) is 6.07 Å². The van der Waals surface area contributed by atoms with E-state index in [1.165, 1.54) is 5.56 Å². The van der Waals surface area contributed by atoms with Gasteiger partial charge in [-0.15, -0.1) is 0 Å². The van der Waals surface area contributed by atoms with Crippen molar-refractivity contribution >= 4 is 33.5 Å². The lowest BCUT2D eigenvalue weighted by atomic mass is 10.0. The molecule has 23 heavy (non-hydrogen) atoms. The van der Waals surface area contributed by atoms with Crippen molar-refractivity contribution in [3.8, 4) is 0 Å². The molecule has 0 spiro atoms. The molecule has 120 valence electrons. The Hall–Kier alpha value is -2.14. The Bertz CT molecular complexity index is 728. The molecule has 2 aromatic carbocycles. The Morgan fingerprint density at radius 2 is 1.83 bits per heavy atom. The molecule has 0 radical (unpaired) electrons. The SMILES string of the molecule is Cc1ccc(CC(=O)OCC(=O)Nc2ccccc2Br)cc1C. The molecule has 1 N–H and O–H groups in total. The summed E-state index contributed by atoms with van der Waals surface area (Å²) < 4.78 is 5.80. The maximum absolute atomic E-state index is 11.8. The van der Waals surface area contributed by atoms with Crippen LogP contribution in [0.1, 0.15) is 16.7 Å². The molecule has 0 aliphatic carbocycles. The van der Waals surface area contributed by atoms with Gasteiger partial charge in [0.05, 0.1) is 12.1 Å². The number of hydrogen-bond acceptors (Lipinski definition) is 3. The number of aryl methyl sites for hydroxylation is 2. The van der Waals surface area contributed by atoms with Crippen LogP contribution >= 0.6 is 15.9 Å². The van der Waals surface area contributed by atoms with Crippen LogP contribution in [0.2, 0.25) is 0 Å². The van der Waals surface area contributed by atoms with Crippen molar-refractivity contribution in [2.45, 2.75) is 20.3 Å². The summed E-state index contributed by atoms with van der Waals surface area (Å²) in [6.45, 7) is 3.71. The summed E-state index contributed by atoms with van der Waals surface area (Å²) >= 11 is 3.34. The molecular formula is C18H18BrNO3. The monoisotopic (exact) mass is 375 g/mol. The van der Waals surface area contributed by atoms with E-state index in [1.807, 2.05) is 50.2 Å². The molecule has 0 atom stereocenters. The van der Waals surface area contributed by atoms with E-state index in [9.17, 15) is 9.59 Å². The topological polar surface area (TPSA) is 55.4 Å². The third-order valence-electron chi connectivity index (χ3n) is 3.43. The smallest absolute Gasteiger partial charge is 0.310 e. The summed E-state index contributed by atoms with van der Waals surface area (Å²) in [4.78, 5) is 23.6. The first kappa shape index (κ1) is 17.2. The first-order valence-electron chi connectivity index (χ1n) is 7.22. The van der Waals surface area contributed by atoms with Gasteiger partial charge in [-0.1, -0.05) is 30.3 Å². The molecule has 0 heterocycles. The average molecular weight is 376 g/mol. The lowest BCUT2D eigenvalue weighted by Crippen LogP contribution is -2.21. The number of carbonyl (C=O) groups excluding carboxylic acids is 2. The molecule has 2 aromatic rings. The van der Waals surface area contributed by atoms with Crippen LogP contribution in [0.15, 0.2) is 46.9 Å². The molecule has 0 aromatic heterocycles. The van der Waals surface area contributed by atoms with Gasteiger partial charge in [-0.3, -0.25) is 9.59 Å². The minimum atomic E-state index is -0.421. The summed E-state index contributed by atoms with van der Waals surface area (Å²) in [5.41, 5.74) is 3.82. The first-order chi connectivity index (χ1) is 11.0. The standard InChI is InChI=1S/C18H18BrNO3/c1-12-7-8-14(9-13(12)2)10-18(22)23-11-17(21)20-16-6-4-3-5-15(16)19/h3-9H,10-11H2,1-2H3,(H,20,21). The number of rotatable bonds is 5. The van der Waals surface area contributed by atoms with Gasteiger partial charge in [-0.05, 0) is 58.6 Å². The maximum Gasteiger partial charge on any atom is 0.310 e. The van der Waals surface area contributed by atoms with Crippen molar-refractivity contribution < 1.29 is 14.3 Å². The number of amides is 1. The van der Waals surface area contributed by atoms with Crippen molar-refractivity contribution in [3.05, 3.63) is 63.6 Å². The fourth-order valence-corrected chi connectivity index (χ4v) is 2.41. The van der Waals surface area contributed by atoms with Gasteiger partial charge in [0.15, 0.2) is 6.61 Å². The second kappa shape index (κ2) is 7.92. The number of para-hydroxylation sites is 1. The summed E-state index contributed by atoms with van der Waals surface area (Å²) in [7, 11) is 0. The van der Waals surface area contributed by atoms with Gasteiger partial charge in [-0.2, -0.15) is 0 Å². The molecule has 2 rings (SSSR count). The lowest BCUT2D eigenvalue weighted by molar-refractivity contribution is -0.146. The van der Waals surface area contributed by atoms with Crippen molar-refractivity contribution in [3.63, 3.8) is 0 Å². The first-order valence-corrected chi connectivity index (χ1v) is 8.01. The van der Waals surface area contributed by atoms with E-state index < -0.39 is 5.97 Å². The Balaban J connectivity index is 1.83. The van der Waals surface area contributed by atoms with Crippen molar-refractivity contribution in [1.82, 2.24) is 0 Å². The predicted octanol–water partition coefficient (Wildman–Crippen LogP) is 3.79. The van der Waals surface area contributed by atoms with Gasteiger partial charge >= 0.3 is 5.97 Å². The fourth-order valence-electron chi connectivity index (χ4n) is 2.03. The van der Waals surface area contributed by atoms with Gasteiger partial charge in [0.2, 0.25) is 0 Å². The maximum atomic E-state index is 11.8. The second-order valence-corrected chi connectivity index (χ2v) is 6.14. The molecule has 0 aliphatic heterocycles. The van der Waals surface area contributed by atoms with Gasteiger partial charge in [0.1, 0.15) is 0 Å². The summed E-state index contributed by atoms with van der Waals surface area (Å²) in [5, 5.41) is 2.68. The van der Waals surface area contributed by atoms with E-state index in [2.05, 4.69) is 21.2 Å². The highest BCUT2D eigenvalue weighted by molar-refractivity contribution is 9.10. The number of esters is 1. The Labute approximate surface area is 144 Å². The highest BCUT2D eigenvalue weighted by atomic mass is 79.9. The molecule has 0 saturated heterocycles. The fraction of sp³-hybridized carbons (Fsp3) is 0.222. The predicted molar refractivity (Wildman–Crippen MR) is 93.4 cm³/mol. The van der Waals surface area contributed by atoms with Gasteiger partial charge in [0, 0.05) is 4.47 Å². The molecule has 0 unspecified atom stereocenters. The van der Waals surface area contributed by atoms with E-state index in [4.69, 9.17) is 4.74 Å². The Morgan fingerprint density at radius 1 is 1.09 bits per heavy atom. The van der Waals surface area contributed by atoms with Crippen molar-refractivity contribution in [2.24, 2.45) is 0 Å². The molecule has 0 aliphatic rings. The number of ether oxygens (including phenoxy) is 1. The summed E-state index contributed by atoms with van der Waals surface area (Å²) in [6, 6.07) is 13.1. The van der Waals surface area contributed by atoms with Crippen molar-refractivity contribution in [1.29, 1.82) is 0 Å². The molecule has 0 fully saturated rings. The Kier molecular flexibility index (Phi) is 5.93. The zero-order valence-corrected chi connectivity index (χ0v) is 14.6. The van der Waals surface area contributed by atoms with E-state index in [0.29, 0.717) is 5.69 Å².